The van der Waals surface area contributed by atoms with Crippen LogP contribution in [-0.4, -0.2) is 41.9 Å². The second-order valence-electron chi connectivity index (χ2n) is 8.19. The summed E-state index contributed by atoms with van der Waals surface area (Å²) in [4.78, 5) is 17.2. The standard InChI is InChI=1S/C24H30N2O/c1-19-8-9-23-22(18-19)11-15-26(20(2)27)24(23)12-16-25(17-13-24)14-10-21-6-4-3-5-7-21/h3-9,18H,10-17H2,1-2H3. The van der Waals surface area contributed by atoms with Gasteiger partial charge in [-0.25, -0.2) is 0 Å². The largest absolute Gasteiger partial charge is 0.333 e. The van der Waals surface area contributed by atoms with Crippen molar-refractivity contribution in [1.29, 1.82) is 0 Å². The molecular formula is C24H30N2O. The van der Waals surface area contributed by atoms with E-state index < -0.39 is 0 Å². The first kappa shape index (κ1) is 18.2. The van der Waals surface area contributed by atoms with Crippen molar-refractivity contribution in [3.05, 3.63) is 70.8 Å². The first-order chi connectivity index (χ1) is 13.1. The Hall–Kier alpha value is -2.13. The van der Waals surface area contributed by atoms with Crippen molar-refractivity contribution < 1.29 is 4.79 Å². The van der Waals surface area contributed by atoms with Gasteiger partial charge in [0.2, 0.25) is 5.91 Å². The van der Waals surface area contributed by atoms with Crippen LogP contribution in [0, 0.1) is 6.92 Å². The molecule has 1 fully saturated rings. The maximum atomic E-state index is 12.5. The second-order valence-corrected chi connectivity index (χ2v) is 8.19. The number of carbonyl (C=O) groups excluding carboxylic acids is 1. The summed E-state index contributed by atoms with van der Waals surface area (Å²) in [5.74, 6) is 0.221. The van der Waals surface area contributed by atoms with Gasteiger partial charge < -0.3 is 9.80 Å². The van der Waals surface area contributed by atoms with E-state index in [-0.39, 0.29) is 11.4 Å². The third kappa shape index (κ3) is 3.53. The molecule has 3 heteroatoms. The van der Waals surface area contributed by atoms with Crippen LogP contribution in [0.3, 0.4) is 0 Å². The van der Waals surface area contributed by atoms with E-state index in [0.717, 1.165) is 51.9 Å². The molecule has 4 rings (SSSR count). The molecule has 0 saturated carbocycles. The predicted octanol–water partition coefficient (Wildman–Crippen LogP) is 3.93. The van der Waals surface area contributed by atoms with Crippen LogP contribution in [0.15, 0.2) is 48.5 Å². The zero-order chi connectivity index (χ0) is 18.9. The molecule has 2 aromatic carbocycles. The summed E-state index contributed by atoms with van der Waals surface area (Å²) in [6.45, 7) is 7.98. The minimum absolute atomic E-state index is 0.101. The number of hydrogen-bond acceptors (Lipinski definition) is 2. The van der Waals surface area contributed by atoms with Crippen molar-refractivity contribution in [2.75, 3.05) is 26.2 Å². The number of fused-ring (bicyclic) bond motifs is 2. The van der Waals surface area contributed by atoms with Crippen LogP contribution in [-0.2, 0) is 23.2 Å². The highest BCUT2D eigenvalue weighted by Crippen LogP contribution is 2.43. The van der Waals surface area contributed by atoms with E-state index in [2.05, 4.69) is 65.3 Å². The molecule has 2 aliphatic heterocycles. The van der Waals surface area contributed by atoms with Crippen LogP contribution >= 0.6 is 0 Å². The quantitative estimate of drug-likeness (QED) is 0.826. The topological polar surface area (TPSA) is 23.6 Å². The maximum Gasteiger partial charge on any atom is 0.220 e. The number of benzene rings is 2. The predicted molar refractivity (Wildman–Crippen MR) is 110 cm³/mol. The molecule has 0 N–H and O–H groups in total. The van der Waals surface area contributed by atoms with E-state index in [1.54, 1.807) is 6.92 Å². The molecule has 1 spiro atoms. The first-order valence-corrected chi connectivity index (χ1v) is 10.2. The Bertz CT molecular complexity index is 806. The smallest absolute Gasteiger partial charge is 0.220 e. The molecule has 2 aromatic rings. The maximum absolute atomic E-state index is 12.5. The molecule has 3 nitrogen and oxygen atoms in total. The molecule has 2 heterocycles. The van der Waals surface area contributed by atoms with Crippen molar-refractivity contribution in [2.24, 2.45) is 0 Å². The van der Waals surface area contributed by atoms with Gasteiger partial charge in [-0.2, -0.15) is 0 Å². The average molecular weight is 363 g/mol. The van der Waals surface area contributed by atoms with Gasteiger partial charge in [-0.05, 0) is 49.3 Å². The molecule has 142 valence electrons. The lowest BCUT2D eigenvalue weighted by Gasteiger charge is -2.52. The Balaban J connectivity index is 1.51. The SMILES string of the molecule is CC(=O)N1CCc2cc(C)ccc2C12CCN(CCc1ccccc1)CC2. The second kappa shape index (κ2) is 7.47. The number of aryl methyl sites for hydroxylation is 1. The highest BCUT2D eigenvalue weighted by molar-refractivity contribution is 5.75. The van der Waals surface area contributed by atoms with Crippen LogP contribution in [0.5, 0.6) is 0 Å². The van der Waals surface area contributed by atoms with Gasteiger partial charge in [-0.3, -0.25) is 4.79 Å². The van der Waals surface area contributed by atoms with Crippen LogP contribution in [0.25, 0.3) is 0 Å². The number of hydrogen-bond donors (Lipinski definition) is 0. The molecule has 0 unspecified atom stereocenters. The lowest BCUT2D eigenvalue weighted by atomic mass is 9.73. The summed E-state index contributed by atoms with van der Waals surface area (Å²) in [5, 5.41) is 0. The zero-order valence-electron chi connectivity index (χ0n) is 16.6. The third-order valence-corrected chi connectivity index (χ3v) is 6.51. The number of nitrogens with zero attached hydrogens (tertiary/aromatic N) is 2. The summed E-state index contributed by atoms with van der Waals surface area (Å²) < 4.78 is 0. The number of piperidine rings is 1. The number of carbonyl (C=O) groups is 1. The van der Waals surface area contributed by atoms with Crippen molar-refractivity contribution in [1.82, 2.24) is 9.80 Å². The molecular weight excluding hydrogens is 332 g/mol. The van der Waals surface area contributed by atoms with Crippen LogP contribution < -0.4 is 0 Å². The fourth-order valence-corrected chi connectivity index (χ4v) is 5.05. The minimum atomic E-state index is -0.101. The van der Waals surface area contributed by atoms with E-state index in [0.29, 0.717) is 0 Å². The summed E-state index contributed by atoms with van der Waals surface area (Å²) in [6.07, 6.45) is 4.16. The Labute approximate surface area is 163 Å². The van der Waals surface area contributed by atoms with E-state index in [4.69, 9.17) is 0 Å². The van der Waals surface area contributed by atoms with Gasteiger partial charge in [0.25, 0.3) is 0 Å². The molecule has 1 amide bonds. The number of amides is 1. The fraction of sp³-hybridized carbons (Fsp3) is 0.458. The fourth-order valence-electron chi connectivity index (χ4n) is 5.05. The van der Waals surface area contributed by atoms with E-state index >= 15 is 0 Å². The number of likely N-dealkylation sites (tertiary alicyclic amines) is 1. The van der Waals surface area contributed by atoms with Gasteiger partial charge in [0.15, 0.2) is 0 Å². The van der Waals surface area contributed by atoms with Crippen LogP contribution in [0.4, 0.5) is 0 Å². The molecule has 0 radical (unpaired) electrons. The summed E-state index contributed by atoms with van der Waals surface area (Å²) in [6, 6.07) is 17.6. The minimum Gasteiger partial charge on any atom is -0.333 e. The Kier molecular flexibility index (Phi) is 5.05. The number of rotatable bonds is 3. The van der Waals surface area contributed by atoms with Gasteiger partial charge in [-0.1, -0.05) is 54.1 Å². The van der Waals surface area contributed by atoms with Gasteiger partial charge >= 0.3 is 0 Å². The lowest BCUT2D eigenvalue weighted by Crippen LogP contribution is -2.57. The van der Waals surface area contributed by atoms with Gasteiger partial charge in [0.05, 0.1) is 5.54 Å². The van der Waals surface area contributed by atoms with E-state index in [1.807, 2.05) is 0 Å². The summed E-state index contributed by atoms with van der Waals surface area (Å²) >= 11 is 0. The molecule has 0 aromatic heterocycles. The van der Waals surface area contributed by atoms with Crippen LogP contribution in [0.1, 0.15) is 42.0 Å². The van der Waals surface area contributed by atoms with Gasteiger partial charge in [0, 0.05) is 33.1 Å². The van der Waals surface area contributed by atoms with Crippen LogP contribution in [0.2, 0.25) is 0 Å². The Morgan fingerprint density at radius 2 is 1.78 bits per heavy atom. The van der Waals surface area contributed by atoms with E-state index in [9.17, 15) is 4.79 Å². The molecule has 2 aliphatic rings. The molecule has 27 heavy (non-hydrogen) atoms. The highest BCUT2D eigenvalue weighted by atomic mass is 16.2. The molecule has 0 bridgehead atoms. The molecule has 0 aliphatic carbocycles. The van der Waals surface area contributed by atoms with Crippen molar-refractivity contribution in [3.63, 3.8) is 0 Å². The summed E-state index contributed by atoms with van der Waals surface area (Å²) in [5.41, 5.74) is 5.47. The van der Waals surface area contributed by atoms with Crippen molar-refractivity contribution >= 4 is 5.91 Å². The van der Waals surface area contributed by atoms with Crippen molar-refractivity contribution in [3.8, 4) is 0 Å². The molecule has 0 atom stereocenters. The Morgan fingerprint density at radius 3 is 2.48 bits per heavy atom. The van der Waals surface area contributed by atoms with Gasteiger partial charge in [-0.15, -0.1) is 0 Å². The van der Waals surface area contributed by atoms with Crippen molar-refractivity contribution in [2.45, 2.75) is 45.1 Å². The lowest BCUT2D eigenvalue weighted by molar-refractivity contribution is -0.139. The highest BCUT2D eigenvalue weighted by Gasteiger charge is 2.45. The molecule has 1 saturated heterocycles. The van der Waals surface area contributed by atoms with E-state index in [1.165, 1.54) is 22.3 Å². The summed E-state index contributed by atoms with van der Waals surface area (Å²) in [7, 11) is 0. The monoisotopic (exact) mass is 362 g/mol. The Morgan fingerprint density at radius 1 is 1.04 bits per heavy atom. The zero-order valence-corrected chi connectivity index (χ0v) is 16.6. The average Bonchev–Trinajstić information content (AvgIpc) is 2.68. The normalized spacial score (nSPS) is 19.1. The van der Waals surface area contributed by atoms with Gasteiger partial charge in [0.1, 0.15) is 0 Å². The third-order valence-electron chi connectivity index (χ3n) is 6.51. The first-order valence-electron chi connectivity index (χ1n) is 10.2.